The largest absolute Gasteiger partial charge is 0.378 e. The number of nitrogens with zero attached hydrogens (tertiary/aromatic N) is 1. The summed E-state index contributed by atoms with van der Waals surface area (Å²) >= 11 is 0. The van der Waals surface area contributed by atoms with E-state index in [1.807, 2.05) is 0 Å². The van der Waals surface area contributed by atoms with E-state index in [-0.39, 0.29) is 0 Å². The Morgan fingerprint density at radius 1 is 1.21 bits per heavy atom. The molecule has 2 rings (SSSR count). The highest BCUT2D eigenvalue weighted by molar-refractivity contribution is 5.56. The van der Waals surface area contributed by atoms with Crippen LogP contribution in [0.2, 0.25) is 0 Å². The fourth-order valence-electron chi connectivity index (χ4n) is 1.82. The van der Waals surface area contributed by atoms with Crippen LogP contribution in [0.5, 0.6) is 0 Å². The monoisotopic (exact) mass is 190 g/mol. The second kappa shape index (κ2) is 4.47. The van der Waals surface area contributed by atoms with Crippen LogP contribution in [0.3, 0.4) is 0 Å². The van der Waals surface area contributed by atoms with Crippen LogP contribution in [0.25, 0.3) is 0 Å². The third-order valence-corrected chi connectivity index (χ3v) is 2.60. The molecule has 2 heteroatoms. The number of hydrogen-bond acceptors (Lipinski definition) is 2. The van der Waals surface area contributed by atoms with Crippen LogP contribution >= 0.6 is 0 Å². The Hall–Kier alpha value is -1.02. The standard InChI is InChI=1S/C12H16NO/c1-2-11-5-3-4-6-12(11)13-7-9-14-10-8-13/h2-6H,7-10H2,1H3. The molecule has 1 aromatic rings. The third kappa shape index (κ3) is 1.90. The number of ether oxygens (including phenoxy) is 1. The maximum Gasteiger partial charge on any atom is 0.0642 e. The molecule has 1 fully saturated rings. The lowest BCUT2D eigenvalue weighted by Crippen LogP contribution is -2.36. The molecule has 0 N–H and O–H groups in total. The minimum absolute atomic E-state index is 0.845. The SMILES string of the molecule is C[CH]c1ccccc1N1CCOCC1. The van der Waals surface area contributed by atoms with E-state index in [0.29, 0.717) is 0 Å². The van der Waals surface area contributed by atoms with Crippen LogP contribution in [-0.4, -0.2) is 26.3 Å². The molecule has 1 aromatic carbocycles. The van der Waals surface area contributed by atoms with Gasteiger partial charge in [0, 0.05) is 18.8 Å². The predicted octanol–water partition coefficient (Wildman–Crippen LogP) is 2.10. The minimum Gasteiger partial charge on any atom is -0.378 e. The Kier molecular flexibility index (Phi) is 3.04. The van der Waals surface area contributed by atoms with Gasteiger partial charge in [-0.25, -0.2) is 0 Å². The van der Waals surface area contributed by atoms with E-state index in [0.717, 1.165) is 26.3 Å². The van der Waals surface area contributed by atoms with Crippen molar-refractivity contribution in [3.05, 3.63) is 36.2 Å². The average molecular weight is 190 g/mol. The fourth-order valence-corrected chi connectivity index (χ4v) is 1.82. The zero-order chi connectivity index (χ0) is 9.80. The lowest BCUT2D eigenvalue weighted by Gasteiger charge is -2.30. The quantitative estimate of drug-likeness (QED) is 0.708. The summed E-state index contributed by atoms with van der Waals surface area (Å²) in [6.07, 6.45) is 2.16. The van der Waals surface area contributed by atoms with Crippen molar-refractivity contribution >= 4 is 5.69 Å². The number of hydrogen-bond donors (Lipinski definition) is 0. The molecule has 0 aromatic heterocycles. The molecule has 0 unspecified atom stereocenters. The summed E-state index contributed by atoms with van der Waals surface area (Å²) in [5.74, 6) is 0. The minimum atomic E-state index is 0.845. The van der Waals surface area contributed by atoms with Crippen LogP contribution in [0.4, 0.5) is 5.69 Å². The van der Waals surface area contributed by atoms with Crippen LogP contribution in [-0.2, 0) is 4.74 Å². The first-order chi connectivity index (χ1) is 6.92. The fraction of sp³-hybridized carbons (Fsp3) is 0.417. The van der Waals surface area contributed by atoms with Gasteiger partial charge in [-0.05, 0) is 18.1 Å². The highest BCUT2D eigenvalue weighted by atomic mass is 16.5. The van der Waals surface area contributed by atoms with Crippen LogP contribution < -0.4 is 4.90 Å². The maximum atomic E-state index is 5.34. The zero-order valence-electron chi connectivity index (χ0n) is 8.57. The molecule has 1 aliphatic rings. The van der Waals surface area contributed by atoms with Crippen LogP contribution in [0, 0.1) is 6.42 Å². The second-order valence-corrected chi connectivity index (χ2v) is 3.45. The van der Waals surface area contributed by atoms with Gasteiger partial charge in [-0.3, -0.25) is 0 Å². The van der Waals surface area contributed by atoms with Crippen LogP contribution in [0.1, 0.15) is 12.5 Å². The summed E-state index contributed by atoms with van der Waals surface area (Å²) in [6.45, 7) is 5.78. The molecule has 1 heterocycles. The molecule has 0 amide bonds. The van der Waals surface area contributed by atoms with Gasteiger partial charge in [-0.15, -0.1) is 0 Å². The summed E-state index contributed by atoms with van der Waals surface area (Å²) in [4.78, 5) is 2.39. The number of anilines is 1. The molecule has 75 valence electrons. The summed E-state index contributed by atoms with van der Waals surface area (Å²) in [5, 5.41) is 0. The van der Waals surface area contributed by atoms with E-state index >= 15 is 0 Å². The Balaban J connectivity index is 2.20. The summed E-state index contributed by atoms with van der Waals surface area (Å²) in [5.41, 5.74) is 2.65. The van der Waals surface area contributed by atoms with E-state index in [2.05, 4.69) is 42.5 Å². The van der Waals surface area contributed by atoms with Crippen molar-refractivity contribution in [1.29, 1.82) is 0 Å². The Bertz CT molecular complexity index is 292. The third-order valence-electron chi connectivity index (χ3n) is 2.60. The van der Waals surface area contributed by atoms with Crippen molar-refractivity contribution in [2.75, 3.05) is 31.2 Å². The van der Waals surface area contributed by atoms with E-state index in [1.54, 1.807) is 0 Å². The Morgan fingerprint density at radius 3 is 2.64 bits per heavy atom. The average Bonchev–Trinajstić information content (AvgIpc) is 2.30. The Labute approximate surface area is 85.5 Å². The maximum absolute atomic E-state index is 5.34. The van der Waals surface area contributed by atoms with Crippen molar-refractivity contribution in [3.63, 3.8) is 0 Å². The second-order valence-electron chi connectivity index (χ2n) is 3.45. The number of benzene rings is 1. The lowest BCUT2D eigenvalue weighted by atomic mass is 10.1. The van der Waals surface area contributed by atoms with Crippen molar-refractivity contribution in [2.45, 2.75) is 6.92 Å². The van der Waals surface area contributed by atoms with Gasteiger partial charge in [0.1, 0.15) is 0 Å². The predicted molar refractivity (Wildman–Crippen MR) is 58.6 cm³/mol. The van der Waals surface area contributed by atoms with Gasteiger partial charge in [-0.1, -0.05) is 25.1 Å². The van der Waals surface area contributed by atoms with Crippen molar-refractivity contribution in [2.24, 2.45) is 0 Å². The molecule has 1 radical (unpaired) electrons. The van der Waals surface area contributed by atoms with Crippen LogP contribution in [0.15, 0.2) is 24.3 Å². The molecule has 0 bridgehead atoms. The van der Waals surface area contributed by atoms with Gasteiger partial charge in [0.2, 0.25) is 0 Å². The van der Waals surface area contributed by atoms with Crippen molar-refractivity contribution in [3.8, 4) is 0 Å². The zero-order valence-corrected chi connectivity index (χ0v) is 8.57. The molecule has 14 heavy (non-hydrogen) atoms. The molecule has 0 saturated carbocycles. The van der Waals surface area contributed by atoms with E-state index in [1.165, 1.54) is 11.3 Å². The van der Waals surface area contributed by atoms with E-state index < -0.39 is 0 Å². The van der Waals surface area contributed by atoms with Gasteiger partial charge in [0.25, 0.3) is 0 Å². The summed E-state index contributed by atoms with van der Waals surface area (Å²) in [6, 6.07) is 8.52. The first kappa shape index (κ1) is 9.53. The highest BCUT2D eigenvalue weighted by Crippen LogP contribution is 2.22. The number of rotatable bonds is 2. The molecule has 0 atom stereocenters. The Morgan fingerprint density at radius 2 is 1.93 bits per heavy atom. The molecule has 2 nitrogen and oxygen atoms in total. The van der Waals surface area contributed by atoms with Crippen molar-refractivity contribution in [1.82, 2.24) is 0 Å². The molecule has 0 aliphatic carbocycles. The number of para-hydroxylation sites is 1. The van der Waals surface area contributed by atoms with Crippen molar-refractivity contribution < 1.29 is 4.74 Å². The van der Waals surface area contributed by atoms with Gasteiger partial charge < -0.3 is 9.64 Å². The molecular formula is C12H16NO. The van der Waals surface area contributed by atoms with E-state index in [9.17, 15) is 0 Å². The van der Waals surface area contributed by atoms with E-state index in [4.69, 9.17) is 4.74 Å². The highest BCUT2D eigenvalue weighted by Gasteiger charge is 2.12. The first-order valence-electron chi connectivity index (χ1n) is 5.13. The molecular weight excluding hydrogens is 174 g/mol. The molecule has 0 spiro atoms. The number of morpholine rings is 1. The van der Waals surface area contributed by atoms with Gasteiger partial charge in [-0.2, -0.15) is 0 Å². The molecule has 1 saturated heterocycles. The summed E-state index contributed by atoms with van der Waals surface area (Å²) < 4.78 is 5.34. The topological polar surface area (TPSA) is 12.5 Å². The van der Waals surface area contributed by atoms with Gasteiger partial charge >= 0.3 is 0 Å². The lowest BCUT2D eigenvalue weighted by molar-refractivity contribution is 0.122. The van der Waals surface area contributed by atoms with Gasteiger partial charge in [0.15, 0.2) is 0 Å². The molecule has 1 aliphatic heterocycles. The summed E-state index contributed by atoms with van der Waals surface area (Å²) in [7, 11) is 0. The smallest absolute Gasteiger partial charge is 0.0642 e. The first-order valence-corrected chi connectivity index (χ1v) is 5.13. The normalized spacial score (nSPS) is 17.1. The van der Waals surface area contributed by atoms with Gasteiger partial charge in [0.05, 0.1) is 13.2 Å².